The van der Waals surface area contributed by atoms with Crippen molar-refractivity contribution in [3.05, 3.63) is 12.4 Å². The van der Waals surface area contributed by atoms with Gasteiger partial charge in [-0.15, -0.1) is 0 Å². The molecule has 0 aliphatic rings. The highest BCUT2D eigenvalue weighted by Crippen LogP contribution is 1.90. The van der Waals surface area contributed by atoms with Gasteiger partial charge in [0.05, 0.1) is 0 Å². The van der Waals surface area contributed by atoms with Crippen molar-refractivity contribution in [1.82, 2.24) is 0 Å². The van der Waals surface area contributed by atoms with Gasteiger partial charge in [0.25, 0.3) is 0 Å². The molecule has 0 spiro atoms. The van der Waals surface area contributed by atoms with Crippen LogP contribution in [0.1, 0.15) is 0 Å². The molecule has 1 N–H and O–H groups in total. The lowest BCUT2D eigenvalue weighted by Gasteiger charge is -1.83. The van der Waals surface area contributed by atoms with Crippen molar-refractivity contribution in [1.29, 1.82) is 0 Å². The third-order valence-electron chi connectivity index (χ3n) is 0.280. The summed E-state index contributed by atoms with van der Waals surface area (Å²) in [5, 5.41) is 0. The van der Waals surface area contributed by atoms with Crippen molar-refractivity contribution < 1.29 is 13.2 Å². The third-order valence-corrected chi connectivity index (χ3v) is 0.840. The smallest absolute Gasteiger partial charge is 0.159 e. The molecule has 0 aliphatic carbocycles. The molecule has 0 radical (unpaired) electrons. The van der Waals surface area contributed by atoms with Gasteiger partial charge >= 0.3 is 0 Å². The van der Waals surface area contributed by atoms with Gasteiger partial charge in [-0.05, 0) is 0 Å². The van der Waals surface area contributed by atoms with E-state index in [1.165, 1.54) is 0 Å². The van der Waals surface area contributed by atoms with Gasteiger partial charge in [-0.3, -0.25) is 0 Å². The Hall–Kier alpha value is -0.220. The molecule has 0 saturated heterocycles. The minimum atomic E-state index is -2.07. The van der Waals surface area contributed by atoms with E-state index in [0.29, 0.717) is 0 Å². The number of hydrogen-bond acceptors (Lipinski definition) is 1. The minimum Gasteiger partial charge on any atom is -0.306 e. The fraction of sp³-hybridized carbons (Fsp3) is 0.333. The van der Waals surface area contributed by atoms with Gasteiger partial charge in [0.15, 0.2) is 11.1 Å². The fourth-order valence-electron chi connectivity index (χ4n) is 0.134. The molecular formula is C3H5FO2S. The standard InChI is InChI=1S/C3H5FO2S/c1-3(4)2-7(5)6/h1-2H2,(H,5,6). The number of halogens is 1. The lowest BCUT2D eigenvalue weighted by atomic mass is 10.7. The van der Waals surface area contributed by atoms with Gasteiger partial charge in [-0.2, -0.15) is 0 Å². The van der Waals surface area contributed by atoms with Gasteiger partial charge in [-0.1, -0.05) is 6.58 Å². The van der Waals surface area contributed by atoms with E-state index in [2.05, 4.69) is 6.58 Å². The first-order valence-electron chi connectivity index (χ1n) is 1.53. The summed E-state index contributed by atoms with van der Waals surface area (Å²) >= 11 is -2.07. The summed E-state index contributed by atoms with van der Waals surface area (Å²) in [6, 6.07) is 0. The topological polar surface area (TPSA) is 37.3 Å². The Morgan fingerprint density at radius 2 is 2.43 bits per heavy atom. The van der Waals surface area contributed by atoms with E-state index in [4.69, 9.17) is 4.55 Å². The zero-order valence-electron chi connectivity index (χ0n) is 3.56. The van der Waals surface area contributed by atoms with Crippen LogP contribution in [0.3, 0.4) is 0 Å². The molecule has 0 aromatic rings. The zero-order chi connectivity index (χ0) is 5.86. The molecule has 0 aromatic heterocycles. The van der Waals surface area contributed by atoms with Crippen molar-refractivity contribution in [3.63, 3.8) is 0 Å². The Labute approximate surface area is 43.3 Å². The molecule has 0 amide bonds. The monoisotopic (exact) mass is 124 g/mol. The van der Waals surface area contributed by atoms with E-state index in [9.17, 15) is 8.60 Å². The molecule has 42 valence electrons. The Balaban J connectivity index is 3.32. The van der Waals surface area contributed by atoms with Crippen LogP contribution in [0.2, 0.25) is 0 Å². The van der Waals surface area contributed by atoms with Gasteiger partial charge in [-0.25, -0.2) is 8.60 Å². The van der Waals surface area contributed by atoms with Crippen molar-refractivity contribution >= 4 is 11.1 Å². The molecule has 7 heavy (non-hydrogen) atoms. The van der Waals surface area contributed by atoms with Crippen molar-refractivity contribution in [3.8, 4) is 0 Å². The first-order chi connectivity index (χ1) is 3.13. The van der Waals surface area contributed by atoms with Crippen molar-refractivity contribution in [2.75, 3.05) is 5.75 Å². The molecule has 0 aliphatic heterocycles. The summed E-state index contributed by atoms with van der Waals surface area (Å²) in [5.74, 6) is -1.24. The second-order valence-electron chi connectivity index (χ2n) is 0.983. The summed E-state index contributed by atoms with van der Waals surface area (Å²) < 4.78 is 28.9. The number of hydrogen-bond donors (Lipinski definition) is 1. The lowest BCUT2D eigenvalue weighted by molar-refractivity contribution is 0.556. The molecule has 0 saturated carbocycles. The van der Waals surface area contributed by atoms with Crippen molar-refractivity contribution in [2.24, 2.45) is 0 Å². The first kappa shape index (κ1) is 6.78. The predicted octanol–water partition coefficient (Wildman–Crippen LogP) is 0.691. The summed E-state index contributed by atoms with van der Waals surface area (Å²) in [6.07, 6.45) is 0. The summed E-state index contributed by atoms with van der Waals surface area (Å²) in [5.41, 5.74) is 0. The summed E-state index contributed by atoms with van der Waals surface area (Å²) in [4.78, 5) is 0. The fourth-order valence-corrected chi connectivity index (χ4v) is 0.402. The molecule has 1 atom stereocenters. The minimum absolute atomic E-state index is 0.472. The van der Waals surface area contributed by atoms with E-state index in [0.717, 1.165) is 0 Å². The van der Waals surface area contributed by atoms with Crippen LogP contribution in [0.15, 0.2) is 12.4 Å². The van der Waals surface area contributed by atoms with Crippen LogP contribution >= 0.6 is 0 Å². The maximum absolute atomic E-state index is 11.4. The Bertz CT molecular complexity index is 89.1. The maximum atomic E-state index is 11.4. The average Bonchev–Trinajstić information content (AvgIpc) is 1.27. The second kappa shape index (κ2) is 2.87. The maximum Gasteiger partial charge on any atom is 0.159 e. The van der Waals surface area contributed by atoms with Gasteiger partial charge < -0.3 is 4.55 Å². The van der Waals surface area contributed by atoms with Gasteiger partial charge in [0, 0.05) is 0 Å². The van der Waals surface area contributed by atoms with Crippen LogP contribution in [-0.2, 0) is 11.1 Å². The largest absolute Gasteiger partial charge is 0.306 e. The van der Waals surface area contributed by atoms with Crippen LogP contribution in [0.25, 0.3) is 0 Å². The molecule has 0 fully saturated rings. The van der Waals surface area contributed by atoms with E-state index < -0.39 is 22.7 Å². The SMILES string of the molecule is C=C(F)CS(=O)O. The highest BCUT2D eigenvalue weighted by molar-refractivity contribution is 7.79. The van der Waals surface area contributed by atoms with Gasteiger partial charge in [0.1, 0.15) is 11.6 Å². The molecule has 0 aromatic carbocycles. The molecule has 2 nitrogen and oxygen atoms in total. The van der Waals surface area contributed by atoms with Crippen LogP contribution in [0.4, 0.5) is 4.39 Å². The molecular weight excluding hydrogens is 119 g/mol. The van der Waals surface area contributed by atoms with E-state index >= 15 is 0 Å². The zero-order valence-corrected chi connectivity index (χ0v) is 4.37. The molecule has 0 heterocycles. The molecule has 1 unspecified atom stereocenters. The Morgan fingerprint density at radius 3 is 2.43 bits per heavy atom. The quantitative estimate of drug-likeness (QED) is 0.550. The Kier molecular flexibility index (Phi) is 2.78. The van der Waals surface area contributed by atoms with E-state index in [1.54, 1.807) is 0 Å². The molecule has 0 bridgehead atoms. The predicted molar refractivity (Wildman–Crippen MR) is 25.9 cm³/mol. The second-order valence-corrected chi connectivity index (χ2v) is 1.91. The van der Waals surface area contributed by atoms with Gasteiger partial charge in [0.2, 0.25) is 0 Å². The van der Waals surface area contributed by atoms with E-state index in [1.807, 2.05) is 0 Å². The van der Waals surface area contributed by atoms with Crippen LogP contribution < -0.4 is 0 Å². The van der Waals surface area contributed by atoms with Crippen LogP contribution in [0, 0.1) is 0 Å². The van der Waals surface area contributed by atoms with Crippen molar-refractivity contribution in [2.45, 2.75) is 0 Å². The lowest BCUT2D eigenvalue weighted by Crippen LogP contribution is -1.92. The Morgan fingerprint density at radius 1 is 2.00 bits per heavy atom. The normalized spacial score (nSPS) is 13.4. The molecule has 4 heteroatoms. The summed E-state index contributed by atoms with van der Waals surface area (Å²) in [7, 11) is 0. The summed E-state index contributed by atoms with van der Waals surface area (Å²) in [6.45, 7) is 2.78. The highest BCUT2D eigenvalue weighted by atomic mass is 32.2. The van der Waals surface area contributed by atoms with E-state index in [-0.39, 0.29) is 0 Å². The van der Waals surface area contributed by atoms with Crippen LogP contribution in [-0.4, -0.2) is 14.5 Å². The first-order valence-corrected chi connectivity index (χ1v) is 2.81. The average molecular weight is 124 g/mol. The van der Waals surface area contributed by atoms with Crippen LogP contribution in [0.5, 0.6) is 0 Å². The highest BCUT2D eigenvalue weighted by Gasteiger charge is 1.93. The number of rotatable bonds is 2. The third kappa shape index (κ3) is 5.78. The molecule has 0 rings (SSSR count).